The number of urea groups is 1. The van der Waals surface area contributed by atoms with Crippen LogP contribution in [0.3, 0.4) is 0 Å². The first kappa shape index (κ1) is 23.1. The van der Waals surface area contributed by atoms with E-state index in [9.17, 15) is 18.4 Å². The van der Waals surface area contributed by atoms with Crippen molar-refractivity contribution >= 4 is 29.4 Å². The molecule has 0 saturated carbocycles. The molecule has 1 aliphatic heterocycles. The average molecular weight is 492 g/mol. The van der Waals surface area contributed by atoms with Gasteiger partial charge in [-0.05, 0) is 36.4 Å². The molecule has 0 bridgehead atoms. The van der Waals surface area contributed by atoms with Crippen molar-refractivity contribution in [3.63, 3.8) is 0 Å². The number of carbonyl (C=O) groups is 2. The number of ether oxygens (including phenoxy) is 3. The van der Waals surface area contributed by atoms with Gasteiger partial charge in [-0.15, -0.1) is 10.2 Å². The summed E-state index contributed by atoms with van der Waals surface area (Å²) in [6, 6.07) is 9.83. The number of nitrogen functional groups attached to an aromatic ring is 1. The van der Waals surface area contributed by atoms with E-state index < -0.39 is 18.5 Å². The van der Waals surface area contributed by atoms with Crippen LogP contribution >= 0.6 is 11.8 Å². The number of benzene rings is 2. The van der Waals surface area contributed by atoms with Crippen LogP contribution in [0.25, 0.3) is 11.4 Å². The van der Waals surface area contributed by atoms with Crippen molar-refractivity contribution in [2.75, 3.05) is 30.1 Å². The van der Waals surface area contributed by atoms with E-state index in [0.29, 0.717) is 36.0 Å². The number of imide groups is 1. The van der Waals surface area contributed by atoms with Crippen LogP contribution < -0.4 is 30.7 Å². The number of rotatable bonds is 7. The van der Waals surface area contributed by atoms with E-state index in [2.05, 4.69) is 25.6 Å². The quantitative estimate of drug-likeness (QED) is 0.335. The van der Waals surface area contributed by atoms with Gasteiger partial charge >= 0.3 is 12.6 Å². The number of fused-ring (bicyclic) bond motifs is 1. The highest BCUT2D eigenvalue weighted by atomic mass is 32.2. The molecular formula is C20H18F2N6O5S. The van der Waals surface area contributed by atoms with Crippen LogP contribution in [0.2, 0.25) is 0 Å². The molecule has 2 heterocycles. The molecule has 0 unspecified atom stereocenters. The maximum Gasteiger partial charge on any atom is 0.387 e. The fraction of sp³-hybridized carbons (Fsp3) is 0.200. The maximum absolute atomic E-state index is 12.3. The molecule has 4 N–H and O–H groups in total. The van der Waals surface area contributed by atoms with Crippen LogP contribution in [0, 0.1) is 0 Å². The number of amides is 3. The zero-order valence-electron chi connectivity index (χ0n) is 17.4. The molecule has 178 valence electrons. The lowest BCUT2D eigenvalue weighted by molar-refractivity contribution is -0.117. The molecule has 0 spiro atoms. The highest BCUT2D eigenvalue weighted by Gasteiger charge is 2.17. The van der Waals surface area contributed by atoms with Gasteiger partial charge in [-0.1, -0.05) is 11.8 Å². The Hall–Kier alpha value is -4.07. The third kappa shape index (κ3) is 5.64. The molecule has 3 aromatic rings. The highest BCUT2D eigenvalue weighted by molar-refractivity contribution is 7.99. The third-order valence-electron chi connectivity index (χ3n) is 4.39. The molecule has 0 radical (unpaired) electrons. The number of alkyl halides is 2. The first-order chi connectivity index (χ1) is 16.4. The van der Waals surface area contributed by atoms with E-state index in [1.54, 1.807) is 18.2 Å². The summed E-state index contributed by atoms with van der Waals surface area (Å²) in [5.74, 6) is 6.56. The van der Waals surface area contributed by atoms with Gasteiger partial charge in [0.15, 0.2) is 17.3 Å². The van der Waals surface area contributed by atoms with Crippen LogP contribution in [0.15, 0.2) is 47.6 Å². The summed E-state index contributed by atoms with van der Waals surface area (Å²) in [6.45, 7) is -2.07. The van der Waals surface area contributed by atoms with Crippen LogP contribution in [0.4, 0.5) is 19.3 Å². The number of anilines is 1. The SMILES string of the molecule is Nn1c(SCC(=O)NC(=O)Nc2ccc3c(c2)OCCO3)nnc1-c1ccc(OC(F)F)cc1. The summed E-state index contributed by atoms with van der Waals surface area (Å²) in [6.07, 6.45) is 0. The minimum absolute atomic E-state index is 0.0115. The minimum Gasteiger partial charge on any atom is -0.486 e. The fourth-order valence-corrected chi connectivity index (χ4v) is 3.59. The Kier molecular flexibility index (Phi) is 6.96. The van der Waals surface area contributed by atoms with Gasteiger partial charge in [0, 0.05) is 17.3 Å². The highest BCUT2D eigenvalue weighted by Crippen LogP contribution is 2.32. The first-order valence-electron chi connectivity index (χ1n) is 9.78. The summed E-state index contributed by atoms with van der Waals surface area (Å²) in [4.78, 5) is 24.3. The number of nitrogens with zero attached hydrogens (tertiary/aromatic N) is 3. The molecule has 2 aromatic carbocycles. The van der Waals surface area contributed by atoms with Crippen molar-refractivity contribution < 1.29 is 32.6 Å². The molecule has 0 fully saturated rings. The summed E-state index contributed by atoms with van der Waals surface area (Å²) < 4.78 is 40.9. The number of aromatic nitrogens is 3. The zero-order valence-corrected chi connectivity index (χ0v) is 18.2. The Morgan fingerprint density at radius 3 is 2.59 bits per heavy atom. The number of hydrogen-bond acceptors (Lipinski definition) is 9. The van der Waals surface area contributed by atoms with Crippen molar-refractivity contribution in [3.8, 4) is 28.6 Å². The van der Waals surface area contributed by atoms with Gasteiger partial charge < -0.3 is 25.4 Å². The normalized spacial score (nSPS) is 12.3. The number of halogens is 2. The van der Waals surface area contributed by atoms with Crippen LogP contribution in [0.1, 0.15) is 0 Å². The Balaban J connectivity index is 1.29. The first-order valence-corrected chi connectivity index (χ1v) is 10.8. The van der Waals surface area contributed by atoms with Gasteiger partial charge in [-0.3, -0.25) is 10.1 Å². The lowest BCUT2D eigenvalue weighted by Gasteiger charge is -2.19. The number of nitrogens with two attached hydrogens (primary N) is 1. The molecule has 11 nitrogen and oxygen atoms in total. The topological polar surface area (TPSA) is 143 Å². The van der Waals surface area contributed by atoms with E-state index in [1.807, 2.05) is 0 Å². The standard InChI is InChI=1S/C20H18F2N6O5S/c21-18(22)33-13-4-1-11(2-5-13)17-26-27-20(28(17)23)34-10-16(29)25-19(30)24-12-3-6-14-15(9-12)32-8-7-31-14/h1-6,9,18H,7-8,10,23H2,(H2,24,25,29,30). The van der Waals surface area contributed by atoms with Gasteiger partial charge in [0.05, 0.1) is 5.75 Å². The molecule has 0 saturated heterocycles. The predicted octanol–water partition coefficient (Wildman–Crippen LogP) is 2.47. The lowest BCUT2D eigenvalue weighted by Crippen LogP contribution is -2.35. The largest absolute Gasteiger partial charge is 0.486 e. The molecule has 3 amide bonds. The molecule has 0 aliphatic carbocycles. The van der Waals surface area contributed by atoms with Crippen LogP contribution in [-0.4, -0.2) is 52.4 Å². The van der Waals surface area contributed by atoms with E-state index >= 15 is 0 Å². The molecule has 0 atom stereocenters. The summed E-state index contributed by atoms with van der Waals surface area (Å²) in [5, 5.41) is 12.8. The zero-order chi connectivity index (χ0) is 24.1. The average Bonchev–Trinajstić information content (AvgIpc) is 3.18. The van der Waals surface area contributed by atoms with Crippen molar-refractivity contribution in [2.45, 2.75) is 11.8 Å². The van der Waals surface area contributed by atoms with Gasteiger partial charge in [-0.2, -0.15) is 8.78 Å². The van der Waals surface area contributed by atoms with Crippen molar-refractivity contribution in [1.82, 2.24) is 20.2 Å². The molecule has 1 aliphatic rings. The van der Waals surface area contributed by atoms with Gasteiger partial charge in [0.25, 0.3) is 0 Å². The summed E-state index contributed by atoms with van der Waals surface area (Å²) >= 11 is 0.961. The minimum atomic E-state index is -2.93. The monoisotopic (exact) mass is 492 g/mol. The van der Waals surface area contributed by atoms with E-state index in [1.165, 1.54) is 24.3 Å². The predicted molar refractivity (Wildman–Crippen MR) is 118 cm³/mol. The lowest BCUT2D eigenvalue weighted by atomic mass is 10.2. The Labute approximate surface area is 195 Å². The fourth-order valence-electron chi connectivity index (χ4n) is 2.93. The van der Waals surface area contributed by atoms with E-state index in [4.69, 9.17) is 15.3 Å². The second kappa shape index (κ2) is 10.2. The second-order valence-electron chi connectivity index (χ2n) is 6.73. The van der Waals surface area contributed by atoms with Crippen LogP contribution in [-0.2, 0) is 4.79 Å². The van der Waals surface area contributed by atoms with E-state index in [0.717, 1.165) is 16.4 Å². The molecular weight excluding hydrogens is 474 g/mol. The number of nitrogens with one attached hydrogen (secondary N) is 2. The number of thioether (sulfide) groups is 1. The smallest absolute Gasteiger partial charge is 0.387 e. The molecule has 4 rings (SSSR count). The molecule has 14 heteroatoms. The van der Waals surface area contributed by atoms with Gasteiger partial charge in [-0.25, -0.2) is 9.47 Å². The van der Waals surface area contributed by atoms with Crippen LogP contribution in [0.5, 0.6) is 17.2 Å². The van der Waals surface area contributed by atoms with Gasteiger partial charge in [0.2, 0.25) is 11.1 Å². The Morgan fingerprint density at radius 2 is 1.85 bits per heavy atom. The van der Waals surface area contributed by atoms with E-state index in [-0.39, 0.29) is 22.5 Å². The van der Waals surface area contributed by atoms with Crippen molar-refractivity contribution in [1.29, 1.82) is 0 Å². The van der Waals surface area contributed by atoms with Gasteiger partial charge in [0.1, 0.15) is 19.0 Å². The molecule has 1 aromatic heterocycles. The Morgan fingerprint density at radius 1 is 1.12 bits per heavy atom. The maximum atomic E-state index is 12.3. The third-order valence-corrected chi connectivity index (χ3v) is 5.33. The summed E-state index contributed by atoms with van der Waals surface area (Å²) in [7, 11) is 0. The van der Waals surface area contributed by atoms with Crippen molar-refractivity contribution in [2.24, 2.45) is 0 Å². The number of carbonyl (C=O) groups excluding carboxylic acids is 2. The second-order valence-corrected chi connectivity index (χ2v) is 7.67. The molecule has 34 heavy (non-hydrogen) atoms. The number of hydrogen-bond donors (Lipinski definition) is 3. The van der Waals surface area contributed by atoms with Crippen molar-refractivity contribution in [3.05, 3.63) is 42.5 Å². The Bertz CT molecular complexity index is 1190. The summed E-state index contributed by atoms with van der Waals surface area (Å²) in [5.41, 5.74) is 0.935.